The third kappa shape index (κ3) is 3.99. The van der Waals surface area contributed by atoms with E-state index in [1.54, 1.807) is 6.08 Å². The predicted molar refractivity (Wildman–Crippen MR) is 81.3 cm³/mol. The Balaban J connectivity index is 1.92. The van der Waals surface area contributed by atoms with Gasteiger partial charge < -0.3 is 20.3 Å². The van der Waals surface area contributed by atoms with Gasteiger partial charge in [0.2, 0.25) is 0 Å². The summed E-state index contributed by atoms with van der Waals surface area (Å²) >= 11 is 0. The maximum Gasteiger partial charge on any atom is 0.319 e. The van der Waals surface area contributed by atoms with E-state index in [1.807, 2.05) is 24.3 Å². The number of hydrogen-bond donors (Lipinski definition) is 2. The third-order valence-corrected chi connectivity index (χ3v) is 3.14. The minimum absolute atomic E-state index is 0.224. The van der Waals surface area contributed by atoms with E-state index in [1.165, 1.54) is 0 Å². The fourth-order valence-corrected chi connectivity index (χ4v) is 2.15. The first-order valence-electron chi connectivity index (χ1n) is 6.81. The zero-order chi connectivity index (χ0) is 14.4. The van der Waals surface area contributed by atoms with Gasteiger partial charge in [-0.3, -0.25) is 0 Å². The van der Waals surface area contributed by atoms with Gasteiger partial charge >= 0.3 is 6.03 Å². The first-order chi connectivity index (χ1) is 9.69. The van der Waals surface area contributed by atoms with Gasteiger partial charge in [0.1, 0.15) is 0 Å². The molecular weight excluding hydrogens is 254 g/mol. The van der Waals surface area contributed by atoms with E-state index in [-0.39, 0.29) is 12.1 Å². The molecule has 0 aromatic heterocycles. The Morgan fingerprint density at radius 2 is 2.25 bits per heavy atom. The summed E-state index contributed by atoms with van der Waals surface area (Å²) in [5.74, 6) is 0. The van der Waals surface area contributed by atoms with E-state index in [4.69, 9.17) is 4.74 Å². The van der Waals surface area contributed by atoms with E-state index >= 15 is 0 Å². The Morgan fingerprint density at radius 1 is 1.50 bits per heavy atom. The third-order valence-electron chi connectivity index (χ3n) is 3.14. The Hall–Kier alpha value is -2.01. The summed E-state index contributed by atoms with van der Waals surface area (Å²) in [5, 5.41) is 5.44. The van der Waals surface area contributed by atoms with Gasteiger partial charge in [0, 0.05) is 31.0 Å². The molecule has 5 nitrogen and oxygen atoms in total. The second-order valence-electron chi connectivity index (χ2n) is 4.80. The van der Waals surface area contributed by atoms with Crippen LogP contribution in [0.3, 0.4) is 0 Å². The van der Waals surface area contributed by atoms with Crippen molar-refractivity contribution in [2.75, 3.05) is 36.5 Å². The van der Waals surface area contributed by atoms with Crippen molar-refractivity contribution >= 4 is 17.4 Å². The van der Waals surface area contributed by atoms with Crippen LogP contribution < -0.4 is 15.5 Å². The van der Waals surface area contributed by atoms with Gasteiger partial charge in [-0.2, -0.15) is 0 Å². The molecule has 2 rings (SSSR count). The summed E-state index contributed by atoms with van der Waals surface area (Å²) in [6, 6.07) is 7.62. The van der Waals surface area contributed by atoms with Crippen molar-refractivity contribution in [1.82, 2.24) is 5.32 Å². The molecule has 1 fully saturated rings. The van der Waals surface area contributed by atoms with Crippen LogP contribution in [-0.2, 0) is 4.74 Å². The van der Waals surface area contributed by atoms with E-state index in [9.17, 15) is 4.79 Å². The zero-order valence-electron chi connectivity index (χ0n) is 11.8. The Kier molecular flexibility index (Phi) is 5.01. The van der Waals surface area contributed by atoms with Crippen molar-refractivity contribution in [2.45, 2.75) is 13.0 Å². The predicted octanol–water partition coefficient (Wildman–Crippen LogP) is 2.22. The summed E-state index contributed by atoms with van der Waals surface area (Å²) in [4.78, 5) is 13.8. The molecule has 1 unspecified atom stereocenters. The minimum atomic E-state index is -0.224. The van der Waals surface area contributed by atoms with Crippen molar-refractivity contribution in [3.05, 3.63) is 36.9 Å². The fraction of sp³-hybridized carbons (Fsp3) is 0.400. The molecule has 1 aliphatic rings. The van der Waals surface area contributed by atoms with Gasteiger partial charge in [0.15, 0.2) is 0 Å². The number of anilines is 2. The average molecular weight is 275 g/mol. The molecule has 1 aromatic rings. The molecular formula is C15H21N3O2. The molecule has 1 atom stereocenters. The Bertz CT molecular complexity index is 459. The highest BCUT2D eigenvalue weighted by atomic mass is 16.5. The summed E-state index contributed by atoms with van der Waals surface area (Å²) in [7, 11) is 0. The summed E-state index contributed by atoms with van der Waals surface area (Å²) in [6.07, 6.45) is 1.90. The number of ether oxygens (including phenoxy) is 1. The molecule has 1 saturated heterocycles. The highest BCUT2D eigenvalue weighted by Gasteiger charge is 2.16. The van der Waals surface area contributed by atoms with Gasteiger partial charge in [0.25, 0.3) is 0 Å². The summed E-state index contributed by atoms with van der Waals surface area (Å²) in [6.45, 7) is 8.63. The number of urea groups is 1. The van der Waals surface area contributed by atoms with Gasteiger partial charge in [-0.05, 0) is 31.2 Å². The molecule has 1 heterocycles. The van der Waals surface area contributed by atoms with Crippen LogP contribution in [0.2, 0.25) is 0 Å². The lowest BCUT2D eigenvalue weighted by Crippen LogP contribution is -2.41. The summed E-state index contributed by atoms with van der Waals surface area (Å²) < 4.78 is 5.53. The molecule has 2 amide bonds. The zero-order valence-corrected chi connectivity index (χ0v) is 11.8. The molecule has 5 heteroatoms. The number of carbonyl (C=O) groups excluding carboxylic acids is 1. The van der Waals surface area contributed by atoms with E-state index < -0.39 is 0 Å². The fourth-order valence-electron chi connectivity index (χ4n) is 2.15. The smallest absolute Gasteiger partial charge is 0.319 e. The normalized spacial score (nSPS) is 18.4. The lowest BCUT2D eigenvalue weighted by molar-refractivity contribution is 0.0532. The largest absolute Gasteiger partial charge is 0.375 e. The van der Waals surface area contributed by atoms with Crippen LogP contribution >= 0.6 is 0 Å². The first kappa shape index (κ1) is 14.4. The Labute approximate surface area is 119 Å². The first-order valence-corrected chi connectivity index (χ1v) is 6.81. The number of morpholine rings is 1. The topological polar surface area (TPSA) is 53.6 Å². The second-order valence-corrected chi connectivity index (χ2v) is 4.80. The van der Waals surface area contributed by atoms with Crippen LogP contribution in [0.5, 0.6) is 0 Å². The maximum atomic E-state index is 11.5. The van der Waals surface area contributed by atoms with Crippen molar-refractivity contribution in [1.29, 1.82) is 0 Å². The molecule has 0 aliphatic carbocycles. The standard InChI is InChI=1S/C15H21N3O2/c1-3-8-16-15(19)17-13-4-6-14(7-5-13)18-9-10-20-12(2)11-18/h3-7,12H,1,8-11H2,2H3,(H2,16,17,19). The number of nitrogens with one attached hydrogen (secondary N) is 2. The number of amides is 2. The molecule has 108 valence electrons. The van der Waals surface area contributed by atoms with E-state index in [0.717, 1.165) is 31.1 Å². The van der Waals surface area contributed by atoms with Crippen LogP contribution in [0.4, 0.5) is 16.2 Å². The van der Waals surface area contributed by atoms with Crippen molar-refractivity contribution in [3.63, 3.8) is 0 Å². The molecule has 20 heavy (non-hydrogen) atoms. The highest BCUT2D eigenvalue weighted by Crippen LogP contribution is 2.20. The van der Waals surface area contributed by atoms with E-state index in [0.29, 0.717) is 6.54 Å². The molecule has 1 aliphatic heterocycles. The number of hydrogen-bond acceptors (Lipinski definition) is 3. The van der Waals surface area contributed by atoms with Gasteiger partial charge in [-0.1, -0.05) is 6.08 Å². The van der Waals surface area contributed by atoms with Crippen LogP contribution in [0.15, 0.2) is 36.9 Å². The second kappa shape index (κ2) is 6.96. The molecule has 0 bridgehead atoms. The highest BCUT2D eigenvalue weighted by molar-refractivity contribution is 5.89. The number of carbonyl (C=O) groups is 1. The number of rotatable bonds is 4. The number of benzene rings is 1. The molecule has 2 N–H and O–H groups in total. The molecule has 0 spiro atoms. The molecule has 1 aromatic carbocycles. The average Bonchev–Trinajstić information content (AvgIpc) is 2.46. The van der Waals surface area contributed by atoms with Gasteiger partial charge in [-0.25, -0.2) is 4.79 Å². The SMILES string of the molecule is C=CCNC(=O)Nc1ccc(N2CCOC(C)C2)cc1. The monoisotopic (exact) mass is 275 g/mol. The van der Waals surface area contributed by atoms with Crippen LogP contribution in [0, 0.1) is 0 Å². The summed E-state index contributed by atoms with van der Waals surface area (Å²) in [5.41, 5.74) is 1.92. The minimum Gasteiger partial charge on any atom is -0.375 e. The molecule has 0 saturated carbocycles. The Morgan fingerprint density at radius 3 is 2.90 bits per heavy atom. The lowest BCUT2D eigenvalue weighted by Gasteiger charge is -2.33. The van der Waals surface area contributed by atoms with Crippen LogP contribution in [0.1, 0.15) is 6.92 Å². The van der Waals surface area contributed by atoms with E-state index in [2.05, 4.69) is 29.0 Å². The molecule has 0 radical (unpaired) electrons. The number of nitrogens with zero attached hydrogens (tertiary/aromatic N) is 1. The maximum absolute atomic E-state index is 11.5. The van der Waals surface area contributed by atoms with Crippen molar-refractivity contribution < 1.29 is 9.53 Å². The lowest BCUT2D eigenvalue weighted by atomic mass is 10.2. The van der Waals surface area contributed by atoms with Crippen LogP contribution in [0.25, 0.3) is 0 Å². The van der Waals surface area contributed by atoms with Gasteiger partial charge in [0.05, 0.1) is 12.7 Å². The van der Waals surface area contributed by atoms with Gasteiger partial charge in [-0.15, -0.1) is 6.58 Å². The van der Waals surface area contributed by atoms with Crippen molar-refractivity contribution in [2.24, 2.45) is 0 Å². The quantitative estimate of drug-likeness (QED) is 0.828. The van der Waals surface area contributed by atoms with Crippen molar-refractivity contribution in [3.8, 4) is 0 Å². The van der Waals surface area contributed by atoms with Crippen LogP contribution in [-0.4, -0.2) is 38.4 Å².